The molecule has 0 aliphatic carbocycles. The van der Waals surface area contributed by atoms with Crippen molar-refractivity contribution in [2.24, 2.45) is 5.92 Å². The van der Waals surface area contributed by atoms with Crippen molar-refractivity contribution in [3.63, 3.8) is 0 Å². The van der Waals surface area contributed by atoms with Crippen LogP contribution in [0.5, 0.6) is 0 Å². The van der Waals surface area contributed by atoms with Crippen molar-refractivity contribution in [2.75, 3.05) is 0 Å². The molecule has 1 rings (SSSR count). The van der Waals surface area contributed by atoms with Crippen molar-refractivity contribution in [3.05, 3.63) is 22.4 Å². The van der Waals surface area contributed by atoms with E-state index >= 15 is 0 Å². The average Bonchev–Trinajstić information content (AvgIpc) is 2.55. The third kappa shape index (κ3) is 3.10. The Balaban J connectivity index is 2.45. The fourth-order valence-corrected chi connectivity index (χ4v) is 1.96. The second-order valence-electron chi connectivity index (χ2n) is 3.59. The van der Waals surface area contributed by atoms with E-state index in [1.165, 1.54) is 0 Å². The molecule has 2 unspecified atom stereocenters. The van der Waals surface area contributed by atoms with Crippen LogP contribution in [0.1, 0.15) is 18.7 Å². The van der Waals surface area contributed by atoms with E-state index in [9.17, 15) is 10.2 Å². The molecule has 1 aromatic rings. The van der Waals surface area contributed by atoms with Crippen LogP contribution in [-0.2, 0) is 6.42 Å². The maximum Gasteiger partial charge on any atom is 0.0849 e. The maximum absolute atomic E-state index is 9.62. The van der Waals surface area contributed by atoms with Gasteiger partial charge >= 0.3 is 0 Å². The molecule has 74 valence electrons. The number of aliphatic hydroxyl groups excluding tert-OH is 2. The Hall–Kier alpha value is -0.380. The van der Waals surface area contributed by atoms with Crippen molar-refractivity contribution in [3.8, 4) is 0 Å². The summed E-state index contributed by atoms with van der Waals surface area (Å²) < 4.78 is 0. The molecule has 0 radical (unpaired) electrons. The van der Waals surface area contributed by atoms with E-state index in [0.717, 1.165) is 4.88 Å². The van der Waals surface area contributed by atoms with Crippen LogP contribution in [0.3, 0.4) is 0 Å². The Kier molecular flexibility index (Phi) is 3.90. The lowest BCUT2D eigenvalue weighted by molar-refractivity contribution is -0.00691. The molecule has 13 heavy (non-hydrogen) atoms. The van der Waals surface area contributed by atoms with Crippen LogP contribution in [0, 0.1) is 5.92 Å². The van der Waals surface area contributed by atoms with Gasteiger partial charge in [-0.2, -0.15) is 0 Å². The summed E-state index contributed by atoms with van der Waals surface area (Å²) in [7, 11) is 0. The first-order chi connectivity index (χ1) is 6.11. The van der Waals surface area contributed by atoms with Crippen molar-refractivity contribution < 1.29 is 10.2 Å². The van der Waals surface area contributed by atoms with Crippen LogP contribution < -0.4 is 0 Å². The van der Waals surface area contributed by atoms with E-state index in [1.807, 2.05) is 31.4 Å². The zero-order chi connectivity index (χ0) is 9.84. The summed E-state index contributed by atoms with van der Waals surface area (Å²) in [5.74, 6) is 0.106. The monoisotopic (exact) mass is 200 g/mol. The lowest BCUT2D eigenvalue weighted by Gasteiger charge is -2.20. The number of rotatable bonds is 4. The molecule has 0 spiro atoms. The minimum Gasteiger partial charge on any atom is -0.390 e. The fraction of sp³-hybridized carbons (Fsp3) is 0.600. The highest BCUT2D eigenvalue weighted by Gasteiger charge is 2.19. The van der Waals surface area contributed by atoms with Crippen LogP contribution in [0.4, 0.5) is 0 Å². The Labute approximate surface area is 82.8 Å². The van der Waals surface area contributed by atoms with Crippen LogP contribution in [-0.4, -0.2) is 22.4 Å². The minimum atomic E-state index is -0.640. The topological polar surface area (TPSA) is 40.5 Å². The van der Waals surface area contributed by atoms with Crippen LogP contribution in [0.25, 0.3) is 0 Å². The van der Waals surface area contributed by atoms with E-state index in [0.29, 0.717) is 6.42 Å². The first-order valence-corrected chi connectivity index (χ1v) is 5.37. The molecule has 1 aromatic heterocycles. The van der Waals surface area contributed by atoms with Gasteiger partial charge < -0.3 is 10.2 Å². The smallest absolute Gasteiger partial charge is 0.0849 e. The second kappa shape index (κ2) is 4.74. The van der Waals surface area contributed by atoms with Crippen LogP contribution >= 0.6 is 11.3 Å². The number of aliphatic hydroxyl groups is 2. The predicted octanol–water partition coefficient (Wildman–Crippen LogP) is 1.67. The van der Waals surface area contributed by atoms with E-state index < -0.39 is 12.2 Å². The molecule has 0 bridgehead atoms. The molecule has 2 atom stereocenters. The molecular formula is C10H16O2S. The molecule has 2 N–H and O–H groups in total. The van der Waals surface area contributed by atoms with E-state index in [-0.39, 0.29) is 5.92 Å². The van der Waals surface area contributed by atoms with Gasteiger partial charge in [-0.25, -0.2) is 0 Å². The van der Waals surface area contributed by atoms with Crippen LogP contribution in [0.15, 0.2) is 17.5 Å². The predicted molar refractivity (Wildman–Crippen MR) is 54.9 cm³/mol. The van der Waals surface area contributed by atoms with Gasteiger partial charge in [0.25, 0.3) is 0 Å². The third-order valence-electron chi connectivity index (χ3n) is 2.07. The molecule has 2 nitrogen and oxygen atoms in total. The lowest BCUT2D eigenvalue weighted by Crippen LogP contribution is -2.32. The third-order valence-corrected chi connectivity index (χ3v) is 2.97. The highest BCUT2D eigenvalue weighted by atomic mass is 32.1. The Morgan fingerprint density at radius 2 is 2.08 bits per heavy atom. The fourth-order valence-electron chi connectivity index (χ4n) is 1.20. The largest absolute Gasteiger partial charge is 0.390 e. The first-order valence-electron chi connectivity index (χ1n) is 4.49. The molecule has 0 aliphatic heterocycles. The summed E-state index contributed by atoms with van der Waals surface area (Å²) in [6.07, 6.45) is -0.711. The zero-order valence-corrected chi connectivity index (χ0v) is 8.79. The second-order valence-corrected chi connectivity index (χ2v) is 4.62. The standard InChI is InChI=1S/C10H16O2S/c1-7(2)10(12)9(11)6-8-4-3-5-13-8/h3-5,7,9-12H,6H2,1-2H3. The number of hydrogen-bond acceptors (Lipinski definition) is 3. The normalized spacial score (nSPS) is 16.1. The van der Waals surface area contributed by atoms with Gasteiger partial charge in [-0.3, -0.25) is 0 Å². The summed E-state index contributed by atoms with van der Waals surface area (Å²) in [6, 6.07) is 3.93. The summed E-state index contributed by atoms with van der Waals surface area (Å²) in [6.45, 7) is 3.81. The summed E-state index contributed by atoms with van der Waals surface area (Å²) in [5.41, 5.74) is 0. The van der Waals surface area contributed by atoms with Gasteiger partial charge in [-0.05, 0) is 17.4 Å². The summed E-state index contributed by atoms with van der Waals surface area (Å²) in [4.78, 5) is 1.12. The minimum absolute atomic E-state index is 0.106. The lowest BCUT2D eigenvalue weighted by atomic mass is 9.99. The Bertz CT molecular complexity index is 231. The van der Waals surface area contributed by atoms with Gasteiger partial charge in [-0.1, -0.05) is 19.9 Å². The molecule has 0 fully saturated rings. The Morgan fingerprint density at radius 1 is 1.38 bits per heavy atom. The van der Waals surface area contributed by atoms with Crippen molar-refractivity contribution in [1.82, 2.24) is 0 Å². The number of thiophene rings is 1. The molecule has 0 aliphatic rings. The zero-order valence-electron chi connectivity index (χ0n) is 7.97. The average molecular weight is 200 g/mol. The van der Waals surface area contributed by atoms with E-state index in [2.05, 4.69) is 0 Å². The highest BCUT2D eigenvalue weighted by Crippen LogP contribution is 2.15. The molecule has 0 saturated heterocycles. The molecule has 0 saturated carbocycles. The van der Waals surface area contributed by atoms with Gasteiger partial charge in [0.05, 0.1) is 12.2 Å². The van der Waals surface area contributed by atoms with E-state index in [4.69, 9.17) is 0 Å². The highest BCUT2D eigenvalue weighted by molar-refractivity contribution is 7.09. The molecule has 0 aromatic carbocycles. The molecule has 1 heterocycles. The molecule has 3 heteroatoms. The maximum atomic E-state index is 9.62. The van der Waals surface area contributed by atoms with Crippen molar-refractivity contribution in [2.45, 2.75) is 32.5 Å². The van der Waals surface area contributed by atoms with Crippen molar-refractivity contribution in [1.29, 1.82) is 0 Å². The first kappa shape index (κ1) is 10.7. The van der Waals surface area contributed by atoms with Gasteiger partial charge in [0.2, 0.25) is 0 Å². The van der Waals surface area contributed by atoms with Gasteiger partial charge in [-0.15, -0.1) is 11.3 Å². The SMILES string of the molecule is CC(C)C(O)C(O)Cc1cccs1. The summed E-state index contributed by atoms with van der Waals surface area (Å²) in [5, 5.41) is 21.1. The van der Waals surface area contributed by atoms with Gasteiger partial charge in [0.15, 0.2) is 0 Å². The summed E-state index contributed by atoms with van der Waals surface area (Å²) >= 11 is 1.61. The van der Waals surface area contributed by atoms with Gasteiger partial charge in [0.1, 0.15) is 0 Å². The Morgan fingerprint density at radius 3 is 2.54 bits per heavy atom. The molecule has 0 amide bonds. The van der Waals surface area contributed by atoms with Gasteiger partial charge in [0, 0.05) is 11.3 Å². The quantitative estimate of drug-likeness (QED) is 0.776. The molecular weight excluding hydrogens is 184 g/mol. The van der Waals surface area contributed by atoms with Crippen molar-refractivity contribution >= 4 is 11.3 Å². The van der Waals surface area contributed by atoms with E-state index in [1.54, 1.807) is 11.3 Å². The number of hydrogen-bond donors (Lipinski definition) is 2. The van der Waals surface area contributed by atoms with Crippen LogP contribution in [0.2, 0.25) is 0 Å².